The van der Waals surface area contributed by atoms with Crippen LogP contribution in [0, 0.1) is 5.82 Å². The summed E-state index contributed by atoms with van der Waals surface area (Å²) in [5.74, 6) is 0.697. The molecule has 0 aromatic heterocycles. The predicted molar refractivity (Wildman–Crippen MR) is 95.1 cm³/mol. The smallest absolute Gasteiger partial charge is 0.193 e. The second-order valence-corrected chi connectivity index (χ2v) is 6.07. The first-order valence-electron chi connectivity index (χ1n) is 8.21. The molecule has 0 heterocycles. The van der Waals surface area contributed by atoms with Gasteiger partial charge in [-0.15, -0.1) is 0 Å². The van der Waals surface area contributed by atoms with E-state index in [-0.39, 0.29) is 11.9 Å². The van der Waals surface area contributed by atoms with Crippen LogP contribution in [0.1, 0.15) is 24.5 Å². The van der Waals surface area contributed by atoms with Gasteiger partial charge < -0.3 is 15.8 Å². The van der Waals surface area contributed by atoms with Crippen LogP contribution < -0.4 is 15.8 Å². The number of anilines is 1. The number of fused-ring (bicyclic) bond motifs is 1. The average molecular weight is 327 g/mol. The van der Waals surface area contributed by atoms with Crippen LogP contribution in [0.2, 0.25) is 0 Å². The molecule has 1 aliphatic rings. The Morgan fingerprint density at radius 2 is 1.96 bits per heavy atom. The van der Waals surface area contributed by atoms with Gasteiger partial charge in [0.05, 0.1) is 6.54 Å². The third-order valence-corrected chi connectivity index (χ3v) is 4.04. The van der Waals surface area contributed by atoms with Gasteiger partial charge in [0.2, 0.25) is 0 Å². The number of hydrogen-bond donors (Lipinski definition) is 2. The Hall–Kier alpha value is -2.56. The van der Waals surface area contributed by atoms with E-state index in [9.17, 15) is 4.39 Å². The zero-order valence-electron chi connectivity index (χ0n) is 13.8. The molecule has 126 valence electrons. The zero-order chi connectivity index (χ0) is 16.9. The number of benzene rings is 2. The lowest BCUT2D eigenvalue weighted by molar-refractivity contribution is 0.230. The van der Waals surface area contributed by atoms with Crippen LogP contribution in [0.4, 0.5) is 10.1 Å². The molecular weight excluding hydrogens is 305 g/mol. The number of nitrogens with one attached hydrogen (secondary N) is 1. The quantitative estimate of drug-likeness (QED) is 0.652. The summed E-state index contributed by atoms with van der Waals surface area (Å²) in [6.45, 7) is 2.32. The van der Waals surface area contributed by atoms with E-state index < -0.39 is 0 Å². The van der Waals surface area contributed by atoms with Crippen molar-refractivity contribution in [1.29, 1.82) is 0 Å². The van der Waals surface area contributed by atoms with Crippen LogP contribution in [0.15, 0.2) is 47.5 Å². The van der Waals surface area contributed by atoms with Gasteiger partial charge in [-0.2, -0.15) is 0 Å². The van der Waals surface area contributed by atoms with Crippen molar-refractivity contribution in [3.05, 3.63) is 59.4 Å². The van der Waals surface area contributed by atoms with E-state index in [1.165, 1.54) is 29.7 Å². The molecule has 1 unspecified atom stereocenters. The second-order valence-electron chi connectivity index (χ2n) is 6.07. The number of aryl methyl sites for hydroxylation is 2. The lowest BCUT2D eigenvalue weighted by Crippen LogP contribution is -2.25. The molecule has 0 fully saturated rings. The van der Waals surface area contributed by atoms with Crippen molar-refractivity contribution >= 4 is 11.6 Å². The number of nitrogens with two attached hydrogens (primary N) is 1. The molecule has 0 radical (unpaired) electrons. The third kappa shape index (κ3) is 4.25. The summed E-state index contributed by atoms with van der Waals surface area (Å²) in [5, 5.41) is 3.12. The van der Waals surface area contributed by atoms with Crippen molar-refractivity contribution in [2.24, 2.45) is 10.7 Å². The Morgan fingerprint density at radius 1 is 1.21 bits per heavy atom. The van der Waals surface area contributed by atoms with Gasteiger partial charge in [-0.25, -0.2) is 9.38 Å². The van der Waals surface area contributed by atoms with E-state index in [0.29, 0.717) is 18.3 Å². The summed E-state index contributed by atoms with van der Waals surface area (Å²) >= 11 is 0. The molecule has 0 saturated carbocycles. The number of hydrogen-bond acceptors (Lipinski definition) is 2. The molecule has 2 aromatic rings. The molecule has 2 aromatic carbocycles. The predicted octanol–water partition coefficient (Wildman–Crippen LogP) is 3.51. The van der Waals surface area contributed by atoms with Crippen molar-refractivity contribution < 1.29 is 9.13 Å². The minimum atomic E-state index is -0.282. The maximum atomic E-state index is 12.9. The van der Waals surface area contributed by atoms with Crippen molar-refractivity contribution in [3.63, 3.8) is 0 Å². The van der Waals surface area contributed by atoms with E-state index in [1.807, 2.05) is 13.0 Å². The molecule has 0 amide bonds. The van der Waals surface area contributed by atoms with Gasteiger partial charge in [-0.1, -0.05) is 6.07 Å². The van der Waals surface area contributed by atoms with E-state index >= 15 is 0 Å². The number of ether oxygens (including phenoxy) is 1. The first-order valence-corrected chi connectivity index (χ1v) is 8.21. The van der Waals surface area contributed by atoms with Gasteiger partial charge >= 0.3 is 0 Å². The zero-order valence-corrected chi connectivity index (χ0v) is 13.8. The average Bonchev–Trinajstić information content (AvgIpc) is 3.03. The fraction of sp³-hybridized carbons (Fsp3) is 0.316. The Balaban J connectivity index is 1.53. The molecular formula is C19H22FN3O. The van der Waals surface area contributed by atoms with Crippen LogP contribution in [0.3, 0.4) is 0 Å². The van der Waals surface area contributed by atoms with E-state index in [2.05, 4.69) is 22.4 Å². The van der Waals surface area contributed by atoms with Gasteiger partial charge in [0.15, 0.2) is 5.96 Å². The highest BCUT2D eigenvalue weighted by atomic mass is 19.1. The third-order valence-electron chi connectivity index (χ3n) is 4.04. The number of aliphatic imine (C=N–C) groups is 1. The van der Waals surface area contributed by atoms with Gasteiger partial charge in [-0.05, 0) is 73.7 Å². The van der Waals surface area contributed by atoms with E-state index in [1.54, 1.807) is 12.1 Å². The highest BCUT2D eigenvalue weighted by molar-refractivity contribution is 5.92. The second kappa shape index (κ2) is 7.34. The Kier molecular flexibility index (Phi) is 4.99. The van der Waals surface area contributed by atoms with Gasteiger partial charge in [0.1, 0.15) is 17.7 Å². The first-order chi connectivity index (χ1) is 11.6. The SMILES string of the molecule is CC(CN=C(N)Nc1ccc2c(c1)CCC2)Oc1ccc(F)cc1. The van der Waals surface area contributed by atoms with Crippen LogP contribution in [0.5, 0.6) is 5.75 Å². The lowest BCUT2D eigenvalue weighted by atomic mass is 10.1. The van der Waals surface area contributed by atoms with Crippen molar-refractivity contribution in [2.45, 2.75) is 32.3 Å². The van der Waals surface area contributed by atoms with Crippen LogP contribution in [-0.2, 0) is 12.8 Å². The lowest BCUT2D eigenvalue weighted by Gasteiger charge is -2.13. The fourth-order valence-electron chi connectivity index (χ4n) is 2.85. The van der Waals surface area contributed by atoms with Crippen molar-refractivity contribution in [3.8, 4) is 5.75 Å². The Bertz CT molecular complexity index is 728. The summed E-state index contributed by atoms with van der Waals surface area (Å²) in [4.78, 5) is 4.31. The summed E-state index contributed by atoms with van der Waals surface area (Å²) < 4.78 is 18.5. The highest BCUT2D eigenvalue weighted by Gasteiger charge is 2.11. The summed E-state index contributed by atoms with van der Waals surface area (Å²) in [5.41, 5.74) is 9.73. The van der Waals surface area contributed by atoms with Crippen LogP contribution in [0.25, 0.3) is 0 Å². The maximum Gasteiger partial charge on any atom is 0.193 e. The Labute approximate surface area is 141 Å². The molecule has 5 heteroatoms. The molecule has 3 N–H and O–H groups in total. The molecule has 4 nitrogen and oxygen atoms in total. The molecule has 1 atom stereocenters. The largest absolute Gasteiger partial charge is 0.489 e. The monoisotopic (exact) mass is 327 g/mol. The van der Waals surface area contributed by atoms with Crippen molar-refractivity contribution in [1.82, 2.24) is 0 Å². The number of halogens is 1. The topological polar surface area (TPSA) is 59.6 Å². The summed E-state index contributed by atoms with van der Waals surface area (Å²) in [6.07, 6.45) is 3.36. The van der Waals surface area contributed by atoms with Gasteiger partial charge in [-0.3, -0.25) is 0 Å². The van der Waals surface area contributed by atoms with Crippen LogP contribution in [-0.4, -0.2) is 18.6 Å². The van der Waals surface area contributed by atoms with Gasteiger partial charge in [0, 0.05) is 5.69 Å². The standard InChI is InChI=1S/C19H22FN3O/c1-13(24-18-9-6-16(20)7-10-18)12-22-19(21)23-17-8-5-14-3-2-4-15(14)11-17/h5-11,13H,2-4,12H2,1H3,(H3,21,22,23). The fourth-order valence-corrected chi connectivity index (χ4v) is 2.85. The first kappa shape index (κ1) is 16.3. The molecule has 0 spiro atoms. The minimum absolute atomic E-state index is 0.157. The summed E-state index contributed by atoms with van der Waals surface area (Å²) in [7, 11) is 0. The molecule has 1 aliphatic carbocycles. The molecule has 24 heavy (non-hydrogen) atoms. The highest BCUT2D eigenvalue weighted by Crippen LogP contribution is 2.24. The summed E-state index contributed by atoms with van der Waals surface area (Å²) in [6, 6.07) is 12.3. The Morgan fingerprint density at radius 3 is 2.75 bits per heavy atom. The molecule has 0 aliphatic heterocycles. The number of rotatable bonds is 5. The normalized spacial score (nSPS) is 15.0. The van der Waals surface area contributed by atoms with E-state index in [4.69, 9.17) is 10.5 Å². The van der Waals surface area contributed by atoms with Crippen molar-refractivity contribution in [2.75, 3.05) is 11.9 Å². The molecule has 3 rings (SSSR count). The number of guanidine groups is 1. The number of nitrogens with zero attached hydrogens (tertiary/aromatic N) is 1. The van der Waals surface area contributed by atoms with Gasteiger partial charge in [0.25, 0.3) is 0 Å². The maximum absolute atomic E-state index is 12.9. The van der Waals surface area contributed by atoms with E-state index in [0.717, 1.165) is 18.5 Å². The molecule has 0 bridgehead atoms. The minimum Gasteiger partial charge on any atom is -0.489 e. The molecule has 0 saturated heterocycles. The van der Waals surface area contributed by atoms with Crippen LogP contribution >= 0.6 is 0 Å².